The zero-order valence-electron chi connectivity index (χ0n) is 14.2. The lowest BCUT2D eigenvalue weighted by Crippen LogP contribution is -2.14. The van der Waals surface area contributed by atoms with Gasteiger partial charge in [0.1, 0.15) is 11.6 Å². The minimum atomic E-state index is -0.495. The molecule has 0 aliphatic rings. The molecule has 2 rings (SSSR count). The second-order valence-corrected chi connectivity index (χ2v) is 7.90. The number of carbonyl (C=O) groups is 1. The molecule has 0 aliphatic carbocycles. The number of benzene rings is 1. The van der Waals surface area contributed by atoms with Crippen LogP contribution in [0.5, 0.6) is 0 Å². The molecule has 6 heteroatoms. The lowest BCUT2D eigenvalue weighted by molar-refractivity contribution is 0.155. The van der Waals surface area contributed by atoms with E-state index < -0.39 is 6.09 Å². The number of carbonyl (C=O) groups excluding carboxylic acids is 1. The van der Waals surface area contributed by atoms with E-state index in [-0.39, 0.29) is 6.61 Å². The summed E-state index contributed by atoms with van der Waals surface area (Å²) in [5.74, 6) is 0.738. The van der Waals surface area contributed by atoms with Crippen LogP contribution in [-0.4, -0.2) is 6.09 Å². The second kappa shape index (κ2) is 8.24. The maximum Gasteiger partial charge on any atom is 0.412 e. The van der Waals surface area contributed by atoms with E-state index in [1.165, 1.54) is 22.5 Å². The molecule has 24 heavy (non-hydrogen) atoms. The van der Waals surface area contributed by atoms with Crippen LogP contribution >= 0.6 is 34.5 Å². The van der Waals surface area contributed by atoms with Gasteiger partial charge in [-0.1, -0.05) is 50.9 Å². The first-order chi connectivity index (χ1) is 11.3. The number of thiophene rings is 1. The van der Waals surface area contributed by atoms with Crippen LogP contribution in [0.2, 0.25) is 10.0 Å². The van der Waals surface area contributed by atoms with E-state index in [0.29, 0.717) is 27.4 Å². The Bertz CT molecular complexity index is 726. The number of hydrogen-bond donors (Lipinski definition) is 1. The van der Waals surface area contributed by atoms with Gasteiger partial charge in [-0.25, -0.2) is 4.79 Å². The first-order valence-corrected chi connectivity index (χ1v) is 9.42. The van der Waals surface area contributed by atoms with Crippen LogP contribution in [-0.2, 0) is 11.3 Å². The Kier molecular flexibility index (Phi) is 6.55. The highest BCUT2D eigenvalue weighted by Crippen LogP contribution is 2.38. The third kappa shape index (κ3) is 4.65. The van der Waals surface area contributed by atoms with Crippen LogP contribution in [0, 0.1) is 0 Å². The largest absolute Gasteiger partial charge is 0.444 e. The number of hydrogen-bond acceptors (Lipinski definition) is 3. The summed E-state index contributed by atoms with van der Waals surface area (Å²) in [6.07, 6.45) is -0.495. The fourth-order valence-corrected chi connectivity index (χ4v) is 4.08. The summed E-state index contributed by atoms with van der Waals surface area (Å²) in [5, 5.41) is 6.87. The lowest BCUT2D eigenvalue weighted by Gasteiger charge is -2.14. The monoisotopic (exact) mass is 385 g/mol. The third-order valence-corrected chi connectivity index (χ3v) is 5.17. The highest BCUT2D eigenvalue weighted by molar-refractivity contribution is 7.14. The molecule has 0 saturated heterocycles. The number of anilines is 1. The summed E-state index contributed by atoms with van der Waals surface area (Å²) in [7, 11) is 0. The van der Waals surface area contributed by atoms with Crippen molar-refractivity contribution in [1.82, 2.24) is 0 Å². The molecule has 0 radical (unpaired) electrons. The van der Waals surface area contributed by atoms with Gasteiger partial charge in [-0.05, 0) is 46.5 Å². The summed E-state index contributed by atoms with van der Waals surface area (Å²) in [4.78, 5) is 12.1. The van der Waals surface area contributed by atoms with Gasteiger partial charge in [0.15, 0.2) is 0 Å². The van der Waals surface area contributed by atoms with Gasteiger partial charge in [-0.2, -0.15) is 0 Å². The van der Waals surface area contributed by atoms with Crippen molar-refractivity contribution >= 4 is 45.6 Å². The smallest absolute Gasteiger partial charge is 0.412 e. The predicted molar refractivity (Wildman–Crippen MR) is 103 cm³/mol. The van der Waals surface area contributed by atoms with E-state index in [2.05, 4.69) is 38.4 Å². The summed E-state index contributed by atoms with van der Waals surface area (Å²) in [6, 6.07) is 5.08. The standard InChI is InChI=1S/C18H21Cl2NO2S/c1-10(2)14-9-24-17(16(14)11(3)4)21-18(22)23-8-12-7-13(19)5-6-15(12)20/h5-7,9-11H,8H2,1-4H3,(H,21,22). The van der Waals surface area contributed by atoms with Gasteiger partial charge >= 0.3 is 6.09 Å². The maximum atomic E-state index is 12.1. The van der Waals surface area contributed by atoms with Crippen molar-refractivity contribution in [1.29, 1.82) is 0 Å². The number of halogens is 2. The SMILES string of the molecule is CC(C)c1csc(NC(=O)OCc2cc(Cl)ccc2Cl)c1C(C)C. The molecule has 0 aliphatic heterocycles. The molecule has 0 spiro atoms. The van der Waals surface area contributed by atoms with Gasteiger partial charge in [0, 0.05) is 15.6 Å². The van der Waals surface area contributed by atoms with Crippen molar-refractivity contribution in [3.05, 3.63) is 50.3 Å². The van der Waals surface area contributed by atoms with Gasteiger partial charge in [0.2, 0.25) is 0 Å². The molecule has 1 heterocycles. The molecule has 0 saturated carbocycles. The van der Waals surface area contributed by atoms with Gasteiger partial charge in [-0.3, -0.25) is 5.32 Å². The van der Waals surface area contributed by atoms with Gasteiger partial charge in [-0.15, -0.1) is 11.3 Å². The van der Waals surface area contributed by atoms with Crippen molar-refractivity contribution in [2.45, 2.75) is 46.1 Å². The van der Waals surface area contributed by atoms with Crippen LogP contribution in [0.1, 0.15) is 56.2 Å². The molecule has 1 aromatic carbocycles. The first kappa shape index (κ1) is 19.1. The van der Waals surface area contributed by atoms with E-state index in [4.69, 9.17) is 27.9 Å². The number of amides is 1. The van der Waals surface area contributed by atoms with E-state index >= 15 is 0 Å². The Balaban J connectivity index is 2.06. The molecule has 0 fully saturated rings. The zero-order valence-corrected chi connectivity index (χ0v) is 16.5. The maximum absolute atomic E-state index is 12.1. The van der Waals surface area contributed by atoms with Crippen molar-refractivity contribution < 1.29 is 9.53 Å². The topological polar surface area (TPSA) is 38.3 Å². The minimum Gasteiger partial charge on any atom is -0.444 e. The van der Waals surface area contributed by atoms with E-state index in [1.807, 2.05) is 0 Å². The van der Waals surface area contributed by atoms with E-state index in [1.54, 1.807) is 18.2 Å². The molecule has 0 atom stereocenters. The molecule has 1 N–H and O–H groups in total. The summed E-state index contributed by atoms with van der Waals surface area (Å²) in [5.41, 5.74) is 3.12. The Morgan fingerprint density at radius 1 is 1.21 bits per heavy atom. The number of ether oxygens (including phenoxy) is 1. The summed E-state index contributed by atoms with van der Waals surface area (Å²) in [6.45, 7) is 8.62. The number of rotatable bonds is 5. The molecule has 1 aromatic heterocycles. The van der Waals surface area contributed by atoms with Gasteiger partial charge in [0.25, 0.3) is 0 Å². The highest BCUT2D eigenvalue weighted by Gasteiger charge is 2.19. The van der Waals surface area contributed by atoms with Crippen LogP contribution in [0.4, 0.5) is 9.80 Å². The zero-order chi connectivity index (χ0) is 17.9. The van der Waals surface area contributed by atoms with E-state index in [0.717, 1.165) is 5.00 Å². The fraction of sp³-hybridized carbons (Fsp3) is 0.389. The average Bonchev–Trinajstić information content (AvgIpc) is 2.92. The Hall–Kier alpha value is -1.23. The highest BCUT2D eigenvalue weighted by atomic mass is 35.5. The van der Waals surface area contributed by atoms with E-state index in [9.17, 15) is 4.79 Å². The van der Waals surface area contributed by atoms with Gasteiger partial charge < -0.3 is 4.74 Å². The normalized spacial score (nSPS) is 11.2. The first-order valence-electron chi connectivity index (χ1n) is 7.78. The minimum absolute atomic E-state index is 0.0741. The fourth-order valence-electron chi connectivity index (χ4n) is 2.45. The van der Waals surface area contributed by atoms with Gasteiger partial charge in [0.05, 0.1) is 0 Å². The van der Waals surface area contributed by atoms with Crippen molar-refractivity contribution in [2.75, 3.05) is 5.32 Å². The molecular weight excluding hydrogens is 365 g/mol. The van der Waals surface area contributed by atoms with Crippen molar-refractivity contribution in [2.24, 2.45) is 0 Å². The molecule has 130 valence electrons. The van der Waals surface area contributed by atoms with Crippen LogP contribution in [0.15, 0.2) is 23.6 Å². The Morgan fingerprint density at radius 3 is 2.54 bits per heavy atom. The summed E-state index contributed by atoms with van der Waals surface area (Å²) < 4.78 is 5.29. The average molecular weight is 386 g/mol. The Morgan fingerprint density at radius 2 is 1.92 bits per heavy atom. The lowest BCUT2D eigenvalue weighted by atomic mass is 9.94. The van der Waals surface area contributed by atoms with Crippen LogP contribution in [0.3, 0.4) is 0 Å². The molecule has 3 nitrogen and oxygen atoms in total. The molecule has 2 aromatic rings. The van der Waals surface area contributed by atoms with Crippen molar-refractivity contribution in [3.8, 4) is 0 Å². The summed E-state index contributed by atoms with van der Waals surface area (Å²) >= 11 is 13.5. The molecule has 0 unspecified atom stereocenters. The second-order valence-electron chi connectivity index (χ2n) is 6.18. The molecular formula is C18H21Cl2NO2S. The predicted octanol–water partition coefficient (Wildman–Crippen LogP) is 7.05. The Labute approximate surface area is 156 Å². The third-order valence-electron chi connectivity index (χ3n) is 3.64. The molecule has 1 amide bonds. The molecule has 0 bridgehead atoms. The van der Waals surface area contributed by atoms with Crippen LogP contribution in [0.25, 0.3) is 0 Å². The van der Waals surface area contributed by atoms with Crippen molar-refractivity contribution in [3.63, 3.8) is 0 Å². The number of nitrogens with one attached hydrogen (secondary N) is 1. The van der Waals surface area contributed by atoms with Crippen LogP contribution < -0.4 is 5.32 Å². The quantitative estimate of drug-likeness (QED) is 0.598.